The van der Waals surface area contributed by atoms with Crippen molar-refractivity contribution in [1.82, 2.24) is 14.9 Å². The molecule has 2 N–H and O–H groups in total. The molecule has 3 aromatic rings. The van der Waals surface area contributed by atoms with Crippen LogP contribution in [0.1, 0.15) is 31.0 Å². The van der Waals surface area contributed by atoms with E-state index in [-0.39, 0.29) is 6.03 Å². The molecule has 0 bridgehead atoms. The Hall–Kier alpha value is -3.02. The Balaban J connectivity index is 1.65. The first-order valence-electron chi connectivity index (χ1n) is 9.99. The molecule has 0 saturated heterocycles. The van der Waals surface area contributed by atoms with Crippen molar-refractivity contribution < 1.29 is 9.53 Å². The number of amides is 2. The number of unbranched alkanes of at least 4 members (excludes halogenated alkanes) is 1. The number of rotatable bonds is 9. The van der Waals surface area contributed by atoms with Crippen molar-refractivity contribution in [3.63, 3.8) is 0 Å². The topological polar surface area (TPSA) is 70.2 Å². The van der Waals surface area contributed by atoms with Crippen molar-refractivity contribution in [1.29, 1.82) is 0 Å². The Morgan fingerprint density at radius 3 is 2.79 bits per heavy atom. The summed E-state index contributed by atoms with van der Waals surface area (Å²) >= 11 is 0. The average Bonchev–Trinajstić information content (AvgIpc) is 3.17. The van der Waals surface area contributed by atoms with Crippen LogP contribution in [0.4, 0.5) is 10.6 Å². The fourth-order valence-electron chi connectivity index (χ4n) is 3.19. The highest BCUT2D eigenvalue weighted by Gasteiger charge is 2.14. The van der Waals surface area contributed by atoms with Crippen molar-refractivity contribution in [3.05, 3.63) is 60.8 Å². The van der Waals surface area contributed by atoms with Gasteiger partial charge >= 0.3 is 6.03 Å². The zero-order chi connectivity index (χ0) is 20.6. The molecule has 2 radical (unpaired) electrons. The predicted molar refractivity (Wildman–Crippen MR) is 116 cm³/mol. The number of aromatic nitrogens is 2. The van der Waals surface area contributed by atoms with E-state index in [0.717, 1.165) is 35.9 Å². The van der Waals surface area contributed by atoms with E-state index in [0.29, 0.717) is 31.1 Å². The number of H-pyrrole nitrogens is 1. The van der Waals surface area contributed by atoms with E-state index in [4.69, 9.17) is 11.7 Å². The van der Waals surface area contributed by atoms with Crippen LogP contribution in [0.2, 0.25) is 0 Å². The third-order valence-electron chi connectivity index (χ3n) is 4.91. The standard InChI is InChI=1S/C23H28N4O2/c1-4-6-12-27(23(28)26-22-10-9-20(29-3)16-24-22)13-11-17-7-8-18-15-19(5-2)25-21(18)14-17/h2,7-10,14-16,25H,4-6,11-13H2,1,3H3,(H,24,26,28). The number of pyridine rings is 1. The second kappa shape index (κ2) is 9.96. The van der Waals surface area contributed by atoms with E-state index in [1.165, 1.54) is 5.56 Å². The van der Waals surface area contributed by atoms with Gasteiger partial charge in [-0.15, -0.1) is 0 Å². The molecule has 0 aliphatic heterocycles. The summed E-state index contributed by atoms with van der Waals surface area (Å²) in [7, 11) is 1.59. The number of methoxy groups -OCH3 is 1. The van der Waals surface area contributed by atoms with Crippen LogP contribution in [0.5, 0.6) is 5.75 Å². The summed E-state index contributed by atoms with van der Waals surface area (Å²) in [6.45, 7) is 9.18. The molecule has 1 aromatic carbocycles. The monoisotopic (exact) mass is 392 g/mol. The lowest BCUT2D eigenvalue weighted by Gasteiger charge is -2.23. The van der Waals surface area contributed by atoms with E-state index in [1.54, 1.807) is 25.4 Å². The van der Waals surface area contributed by atoms with E-state index >= 15 is 0 Å². The van der Waals surface area contributed by atoms with Gasteiger partial charge in [-0.25, -0.2) is 9.78 Å². The third-order valence-corrected chi connectivity index (χ3v) is 4.91. The molecule has 2 amide bonds. The molecular formula is C23H28N4O2. The summed E-state index contributed by atoms with van der Waals surface area (Å²) in [5, 5.41) is 4.03. The Labute approximate surface area is 172 Å². The lowest BCUT2D eigenvalue weighted by molar-refractivity contribution is 0.211. The van der Waals surface area contributed by atoms with Crippen molar-refractivity contribution in [2.45, 2.75) is 32.6 Å². The van der Waals surface area contributed by atoms with E-state index in [1.807, 2.05) is 4.90 Å². The van der Waals surface area contributed by atoms with Gasteiger partial charge in [-0.2, -0.15) is 0 Å². The van der Waals surface area contributed by atoms with E-state index in [9.17, 15) is 4.79 Å². The van der Waals surface area contributed by atoms with Crippen LogP contribution < -0.4 is 10.1 Å². The number of urea groups is 1. The smallest absolute Gasteiger partial charge is 0.323 e. The summed E-state index contributed by atoms with van der Waals surface area (Å²) in [6, 6.07) is 11.8. The zero-order valence-corrected chi connectivity index (χ0v) is 17.1. The summed E-state index contributed by atoms with van der Waals surface area (Å²) < 4.78 is 5.11. The third kappa shape index (κ3) is 5.50. The molecule has 6 nitrogen and oxygen atoms in total. The lowest BCUT2D eigenvalue weighted by atomic mass is 10.1. The van der Waals surface area contributed by atoms with Crippen LogP contribution in [0.15, 0.2) is 42.6 Å². The van der Waals surface area contributed by atoms with Gasteiger partial charge in [0.25, 0.3) is 0 Å². The van der Waals surface area contributed by atoms with Gasteiger partial charge in [0.15, 0.2) is 0 Å². The number of aromatic amines is 1. The Morgan fingerprint density at radius 1 is 1.24 bits per heavy atom. The van der Waals surface area contributed by atoms with Gasteiger partial charge in [0, 0.05) is 24.3 Å². The second-order valence-electron chi connectivity index (χ2n) is 7.02. The van der Waals surface area contributed by atoms with Gasteiger partial charge in [0.1, 0.15) is 11.6 Å². The summed E-state index contributed by atoms with van der Waals surface area (Å²) in [5.41, 5.74) is 3.28. The van der Waals surface area contributed by atoms with E-state index < -0.39 is 0 Å². The van der Waals surface area contributed by atoms with Gasteiger partial charge in [-0.05, 0) is 61.4 Å². The fourth-order valence-corrected chi connectivity index (χ4v) is 3.19. The summed E-state index contributed by atoms with van der Waals surface area (Å²) in [6.07, 6.45) is 4.85. The molecular weight excluding hydrogens is 364 g/mol. The molecule has 2 heterocycles. The largest absolute Gasteiger partial charge is 0.495 e. The number of anilines is 1. The summed E-state index contributed by atoms with van der Waals surface area (Å²) in [4.78, 5) is 22.2. The fraction of sp³-hybridized carbons (Fsp3) is 0.348. The first-order chi connectivity index (χ1) is 14.1. The van der Waals surface area contributed by atoms with Crippen molar-refractivity contribution in [2.75, 3.05) is 25.5 Å². The number of fused-ring (bicyclic) bond motifs is 1. The van der Waals surface area contributed by atoms with Gasteiger partial charge in [-0.1, -0.05) is 25.5 Å². The first-order valence-corrected chi connectivity index (χ1v) is 9.99. The van der Waals surface area contributed by atoms with Gasteiger partial charge in [-0.3, -0.25) is 5.32 Å². The molecule has 0 aliphatic rings. The molecule has 0 atom stereocenters. The molecule has 0 fully saturated rings. The van der Waals surface area contributed by atoms with Gasteiger partial charge < -0.3 is 14.6 Å². The maximum absolute atomic E-state index is 12.8. The Morgan fingerprint density at radius 2 is 2.10 bits per heavy atom. The van der Waals surface area contributed by atoms with Crippen LogP contribution in [-0.2, 0) is 12.8 Å². The molecule has 152 valence electrons. The molecule has 0 spiro atoms. The van der Waals surface area contributed by atoms with Gasteiger partial charge in [0.2, 0.25) is 0 Å². The quantitative estimate of drug-likeness (QED) is 0.554. The van der Waals surface area contributed by atoms with Crippen LogP contribution in [0.3, 0.4) is 0 Å². The molecule has 29 heavy (non-hydrogen) atoms. The molecule has 2 aromatic heterocycles. The number of ether oxygens (including phenoxy) is 1. The Bertz CT molecular complexity index is 934. The minimum absolute atomic E-state index is 0.137. The highest BCUT2D eigenvalue weighted by Crippen LogP contribution is 2.18. The maximum Gasteiger partial charge on any atom is 0.323 e. The highest BCUT2D eigenvalue weighted by molar-refractivity contribution is 5.88. The lowest BCUT2D eigenvalue weighted by Crippen LogP contribution is -2.37. The number of hydrogen-bond donors (Lipinski definition) is 2. The number of nitrogens with zero attached hydrogens (tertiary/aromatic N) is 2. The molecule has 6 heteroatoms. The maximum atomic E-state index is 12.8. The van der Waals surface area contributed by atoms with Crippen molar-refractivity contribution in [3.8, 4) is 5.75 Å². The number of carbonyl (C=O) groups excluding carboxylic acids is 1. The molecule has 0 saturated carbocycles. The van der Waals surface area contributed by atoms with E-state index in [2.05, 4.69) is 46.5 Å². The minimum Gasteiger partial charge on any atom is -0.495 e. The molecule has 0 aliphatic carbocycles. The SMILES string of the molecule is [CH]Cc1cc2ccc(CCN(CCCC)C(=O)Nc3ccc(OC)cn3)cc2[nH]1. The van der Waals surface area contributed by atoms with Crippen LogP contribution >= 0.6 is 0 Å². The van der Waals surface area contributed by atoms with Crippen LogP contribution in [0, 0.1) is 6.92 Å². The second-order valence-corrected chi connectivity index (χ2v) is 7.02. The van der Waals surface area contributed by atoms with Crippen LogP contribution in [-0.4, -0.2) is 41.1 Å². The number of benzene rings is 1. The van der Waals surface area contributed by atoms with Gasteiger partial charge in [0.05, 0.1) is 13.3 Å². The minimum atomic E-state index is -0.137. The van der Waals surface area contributed by atoms with Crippen LogP contribution in [0.25, 0.3) is 10.9 Å². The van der Waals surface area contributed by atoms with Crippen molar-refractivity contribution >= 4 is 22.8 Å². The number of nitrogens with one attached hydrogen (secondary N) is 2. The normalized spacial score (nSPS) is 10.9. The first kappa shape index (κ1) is 20.7. The molecule has 0 unspecified atom stereocenters. The molecule has 3 rings (SSSR count). The summed E-state index contributed by atoms with van der Waals surface area (Å²) in [5.74, 6) is 1.17. The Kier molecular flexibility index (Phi) is 7.11. The number of carbonyl (C=O) groups is 1. The van der Waals surface area contributed by atoms with Crippen molar-refractivity contribution in [2.24, 2.45) is 0 Å². The zero-order valence-electron chi connectivity index (χ0n) is 17.1. The predicted octanol–water partition coefficient (Wildman–Crippen LogP) is 4.70. The number of hydrogen-bond acceptors (Lipinski definition) is 3. The highest BCUT2D eigenvalue weighted by atomic mass is 16.5. The average molecular weight is 393 g/mol.